The lowest BCUT2D eigenvalue weighted by atomic mass is 10.0. The van der Waals surface area contributed by atoms with Gasteiger partial charge in [0.05, 0.1) is 0 Å². The Bertz CT molecular complexity index is 199. The Balaban J connectivity index is 1.88. The third-order valence-electron chi connectivity index (χ3n) is 4.37. The maximum atomic E-state index is 6.02. The minimum absolute atomic E-state index is 0.581. The summed E-state index contributed by atoms with van der Waals surface area (Å²) in [6.45, 7) is 5.67. The monoisotopic (exact) mass is 225 g/mol. The van der Waals surface area contributed by atoms with Crippen molar-refractivity contribution in [3.8, 4) is 0 Å². The lowest BCUT2D eigenvalue weighted by Gasteiger charge is -2.42. The molecule has 1 aliphatic carbocycles. The van der Waals surface area contributed by atoms with Crippen molar-refractivity contribution in [3.05, 3.63) is 0 Å². The molecule has 94 valence electrons. The highest BCUT2D eigenvalue weighted by atomic mass is 15.5. The van der Waals surface area contributed by atoms with Crippen LogP contribution in [0, 0.1) is 0 Å². The van der Waals surface area contributed by atoms with Gasteiger partial charge in [-0.15, -0.1) is 0 Å². The maximum Gasteiger partial charge on any atom is 0.0366 e. The van der Waals surface area contributed by atoms with E-state index in [0.717, 1.165) is 12.6 Å². The van der Waals surface area contributed by atoms with Gasteiger partial charge in [-0.1, -0.05) is 32.6 Å². The molecule has 3 nitrogen and oxygen atoms in total. The summed E-state index contributed by atoms with van der Waals surface area (Å²) in [6.07, 6.45) is 9.78. The summed E-state index contributed by atoms with van der Waals surface area (Å²) in [5, 5.41) is 2.05. The van der Waals surface area contributed by atoms with Gasteiger partial charge in [-0.25, -0.2) is 5.01 Å². The lowest BCUT2D eigenvalue weighted by Crippen LogP contribution is -2.57. The normalized spacial score (nSPS) is 31.5. The van der Waals surface area contributed by atoms with Gasteiger partial charge in [-0.2, -0.15) is 0 Å². The van der Waals surface area contributed by atoms with E-state index in [9.17, 15) is 0 Å². The average molecular weight is 225 g/mol. The van der Waals surface area contributed by atoms with E-state index < -0.39 is 0 Å². The molecule has 0 radical (unpaired) electrons. The van der Waals surface area contributed by atoms with Crippen molar-refractivity contribution in [1.29, 1.82) is 0 Å². The molecule has 2 fully saturated rings. The van der Waals surface area contributed by atoms with Gasteiger partial charge >= 0.3 is 0 Å². The molecule has 0 bridgehead atoms. The van der Waals surface area contributed by atoms with Gasteiger partial charge in [0.2, 0.25) is 0 Å². The molecule has 1 atom stereocenters. The minimum Gasteiger partial charge on any atom is -0.297 e. The summed E-state index contributed by atoms with van der Waals surface area (Å²) in [5.41, 5.74) is 0. The van der Waals surface area contributed by atoms with Gasteiger partial charge in [-0.3, -0.25) is 10.7 Å². The number of hydrazine groups is 1. The van der Waals surface area contributed by atoms with E-state index >= 15 is 0 Å². The molecule has 1 saturated carbocycles. The Kier molecular flexibility index (Phi) is 4.62. The Hall–Kier alpha value is -0.120. The fourth-order valence-corrected chi connectivity index (χ4v) is 3.21. The molecule has 0 aromatic heterocycles. The largest absolute Gasteiger partial charge is 0.297 e. The van der Waals surface area contributed by atoms with Crippen LogP contribution in [0.4, 0.5) is 0 Å². The summed E-state index contributed by atoms with van der Waals surface area (Å²) in [6, 6.07) is 1.43. The van der Waals surface area contributed by atoms with Crippen molar-refractivity contribution in [2.45, 2.75) is 64.0 Å². The molecule has 16 heavy (non-hydrogen) atoms. The molecule has 0 aromatic carbocycles. The molecule has 2 rings (SSSR count). The molecular weight excluding hydrogens is 198 g/mol. The van der Waals surface area contributed by atoms with Crippen LogP contribution in [0.25, 0.3) is 0 Å². The first-order chi connectivity index (χ1) is 7.81. The maximum absolute atomic E-state index is 6.02. The number of nitrogens with zero attached hydrogens (tertiary/aromatic N) is 2. The fraction of sp³-hybridized carbons (Fsp3) is 1.00. The van der Waals surface area contributed by atoms with Crippen LogP contribution in [-0.4, -0.2) is 41.6 Å². The number of piperazine rings is 1. The average Bonchev–Trinajstić information content (AvgIpc) is 2.58. The minimum atomic E-state index is 0.581. The molecule has 0 spiro atoms. The van der Waals surface area contributed by atoms with Crippen molar-refractivity contribution in [1.82, 2.24) is 9.91 Å². The van der Waals surface area contributed by atoms with Crippen molar-refractivity contribution in [2.24, 2.45) is 5.84 Å². The highest BCUT2D eigenvalue weighted by molar-refractivity contribution is 4.83. The number of hydrogen-bond acceptors (Lipinski definition) is 3. The zero-order valence-electron chi connectivity index (χ0n) is 10.7. The predicted octanol–water partition coefficient (Wildman–Crippen LogP) is 1.98. The van der Waals surface area contributed by atoms with E-state index in [1.807, 2.05) is 5.01 Å². The summed E-state index contributed by atoms with van der Waals surface area (Å²) in [4.78, 5) is 2.71. The summed E-state index contributed by atoms with van der Waals surface area (Å²) in [5.74, 6) is 6.02. The van der Waals surface area contributed by atoms with Gasteiger partial charge in [0, 0.05) is 31.7 Å². The molecule has 1 aliphatic heterocycles. The third kappa shape index (κ3) is 2.96. The van der Waals surface area contributed by atoms with Crippen LogP contribution in [0.1, 0.15) is 51.9 Å². The first kappa shape index (κ1) is 12.3. The highest BCUT2D eigenvalue weighted by Crippen LogP contribution is 2.24. The van der Waals surface area contributed by atoms with Crippen LogP contribution in [0.2, 0.25) is 0 Å². The van der Waals surface area contributed by atoms with E-state index in [0.29, 0.717) is 6.04 Å². The number of rotatable bonds is 2. The second kappa shape index (κ2) is 5.99. The Labute approximate surface area is 99.9 Å². The standard InChI is InChI=1S/C13H27N3/c1-2-12-11-15(9-10-16(12)14)13-7-5-3-4-6-8-13/h12-13H,2-11,14H2,1H3. The van der Waals surface area contributed by atoms with Crippen LogP contribution in [0.3, 0.4) is 0 Å². The lowest BCUT2D eigenvalue weighted by molar-refractivity contribution is 0.0413. The SMILES string of the molecule is CCC1CN(C2CCCCCC2)CCN1N. The molecule has 0 amide bonds. The molecule has 1 saturated heterocycles. The molecule has 1 unspecified atom stereocenters. The van der Waals surface area contributed by atoms with Crippen LogP contribution in [-0.2, 0) is 0 Å². The van der Waals surface area contributed by atoms with Gasteiger partial charge in [0.1, 0.15) is 0 Å². The summed E-state index contributed by atoms with van der Waals surface area (Å²) < 4.78 is 0. The van der Waals surface area contributed by atoms with Gasteiger partial charge < -0.3 is 0 Å². The molecule has 3 heteroatoms. The zero-order valence-corrected chi connectivity index (χ0v) is 10.7. The Morgan fingerprint density at radius 1 is 1.06 bits per heavy atom. The van der Waals surface area contributed by atoms with Crippen LogP contribution in [0.5, 0.6) is 0 Å². The van der Waals surface area contributed by atoms with Crippen molar-refractivity contribution < 1.29 is 0 Å². The second-order valence-electron chi connectivity index (χ2n) is 5.44. The van der Waals surface area contributed by atoms with E-state index in [-0.39, 0.29) is 0 Å². The predicted molar refractivity (Wildman–Crippen MR) is 68.0 cm³/mol. The first-order valence-electron chi connectivity index (χ1n) is 7.06. The van der Waals surface area contributed by atoms with Crippen molar-refractivity contribution >= 4 is 0 Å². The topological polar surface area (TPSA) is 32.5 Å². The first-order valence-corrected chi connectivity index (χ1v) is 7.06. The van der Waals surface area contributed by atoms with E-state index in [4.69, 9.17) is 5.84 Å². The van der Waals surface area contributed by atoms with Crippen LogP contribution < -0.4 is 5.84 Å². The Morgan fingerprint density at radius 2 is 1.75 bits per heavy atom. The van der Waals surface area contributed by atoms with Crippen LogP contribution >= 0.6 is 0 Å². The Morgan fingerprint density at radius 3 is 2.38 bits per heavy atom. The van der Waals surface area contributed by atoms with Crippen molar-refractivity contribution in [3.63, 3.8) is 0 Å². The van der Waals surface area contributed by atoms with Gasteiger partial charge in [0.25, 0.3) is 0 Å². The fourth-order valence-electron chi connectivity index (χ4n) is 3.21. The summed E-state index contributed by atoms with van der Waals surface area (Å²) >= 11 is 0. The van der Waals surface area contributed by atoms with E-state index in [1.54, 1.807) is 0 Å². The zero-order chi connectivity index (χ0) is 11.4. The quantitative estimate of drug-likeness (QED) is 0.576. The summed E-state index contributed by atoms with van der Waals surface area (Å²) in [7, 11) is 0. The number of hydrogen-bond donors (Lipinski definition) is 1. The van der Waals surface area contributed by atoms with Crippen LogP contribution in [0.15, 0.2) is 0 Å². The van der Waals surface area contributed by atoms with E-state index in [2.05, 4.69) is 11.8 Å². The van der Waals surface area contributed by atoms with Gasteiger partial charge in [0.15, 0.2) is 0 Å². The highest BCUT2D eigenvalue weighted by Gasteiger charge is 2.28. The number of nitrogens with two attached hydrogens (primary N) is 1. The molecule has 0 aromatic rings. The molecule has 2 N–H and O–H groups in total. The molecular formula is C13H27N3. The van der Waals surface area contributed by atoms with Crippen molar-refractivity contribution in [2.75, 3.05) is 19.6 Å². The van der Waals surface area contributed by atoms with Gasteiger partial charge in [-0.05, 0) is 19.3 Å². The van der Waals surface area contributed by atoms with E-state index in [1.165, 1.54) is 58.0 Å². The third-order valence-corrected chi connectivity index (χ3v) is 4.37. The second-order valence-corrected chi connectivity index (χ2v) is 5.44. The molecule has 2 aliphatic rings. The molecule has 1 heterocycles. The smallest absolute Gasteiger partial charge is 0.0366 e.